The molecule has 1 heterocycles. The van der Waals surface area contributed by atoms with Gasteiger partial charge in [0.25, 0.3) is 0 Å². The minimum atomic E-state index is 0.702. The van der Waals surface area contributed by atoms with Crippen molar-refractivity contribution >= 4 is 27.5 Å². The normalized spacial score (nSPS) is 11.2. The Labute approximate surface area is 195 Å². The summed E-state index contributed by atoms with van der Waals surface area (Å²) in [6, 6.07) is 31.6. The third-order valence-electron chi connectivity index (χ3n) is 6.08. The molecule has 33 heavy (non-hydrogen) atoms. The summed E-state index contributed by atoms with van der Waals surface area (Å²) >= 11 is 0. The zero-order valence-corrected chi connectivity index (χ0v) is 19.2. The third-order valence-corrected chi connectivity index (χ3v) is 6.08. The Balaban J connectivity index is 1.30. The number of unbranched alkanes of at least 4 members (excludes halogenated alkanes) is 1. The molecule has 0 saturated carbocycles. The molecule has 0 spiro atoms. The van der Waals surface area contributed by atoms with E-state index in [9.17, 15) is 0 Å². The van der Waals surface area contributed by atoms with E-state index in [4.69, 9.17) is 9.72 Å². The minimum Gasteiger partial charge on any atom is -0.493 e. The average molecular weight is 436 g/mol. The van der Waals surface area contributed by atoms with Crippen LogP contribution in [0.4, 0.5) is 5.69 Å². The van der Waals surface area contributed by atoms with Gasteiger partial charge in [0, 0.05) is 37.3 Å². The lowest BCUT2D eigenvalue weighted by atomic mass is 10.1. The Kier molecular flexibility index (Phi) is 5.99. The quantitative estimate of drug-likeness (QED) is 0.252. The molecule has 166 valence electrons. The predicted octanol–water partition coefficient (Wildman–Crippen LogP) is 6.78. The Hall–Kier alpha value is -3.79. The number of aromatic nitrogens is 2. The lowest BCUT2D eigenvalue weighted by Crippen LogP contribution is -2.08. The number of aryl methyl sites for hydroxylation is 1. The highest BCUT2D eigenvalue weighted by Gasteiger charge is 2.12. The fourth-order valence-electron chi connectivity index (χ4n) is 4.31. The first-order valence-corrected chi connectivity index (χ1v) is 11.5. The molecule has 0 aliphatic carbocycles. The number of ether oxygens (including phenoxy) is 1. The van der Waals surface area contributed by atoms with E-state index in [1.807, 2.05) is 0 Å². The van der Waals surface area contributed by atoms with Crippen molar-refractivity contribution in [2.75, 3.05) is 25.6 Å². The highest BCUT2D eigenvalue weighted by atomic mass is 16.5. The van der Waals surface area contributed by atoms with Crippen molar-refractivity contribution in [3.8, 4) is 17.1 Å². The van der Waals surface area contributed by atoms with Gasteiger partial charge in [0.05, 0.1) is 17.6 Å². The van der Waals surface area contributed by atoms with Gasteiger partial charge in [-0.15, -0.1) is 0 Å². The van der Waals surface area contributed by atoms with Gasteiger partial charge in [0.1, 0.15) is 11.6 Å². The van der Waals surface area contributed by atoms with Crippen LogP contribution < -0.4 is 9.64 Å². The Morgan fingerprint density at radius 3 is 2.39 bits per heavy atom. The lowest BCUT2D eigenvalue weighted by molar-refractivity contribution is 0.307. The molecule has 0 amide bonds. The summed E-state index contributed by atoms with van der Waals surface area (Å²) in [6.45, 7) is 1.61. The van der Waals surface area contributed by atoms with Crippen molar-refractivity contribution in [2.24, 2.45) is 0 Å². The molecule has 0 N–H and O–H groups in total. The highest BCUT2D eigenvalue weighted by Crippen LogP contribution is 2.28. The van der Waals surface area contributed by atoms with Crippen LogP contribution in [0.3, 0.4) is 0 Å². The van der Waals surface area contributed by atoms with Gasteiger partial charge < -0.3 is 14.2 Å². The zero-order valence-electron chi connectivity index (χ0n) is 19.2. The van der Waals surface area contributed by atoms with Gasteiger partial charge in [-0.25, -0.2) is 4.98 Å². The first-order chi connectivity index (χ1) is 16.2. The van der Waals surface area contributed by atoms with Gasteiger partial charge in [-0.2, -0.15) is 0 Å². The summed E-state index contributed by atoms with van der Waals surface area (Å²) in [6.07, 6.45) is 2.00. The second kappa shape index (κ2) is 9.37. The minimum absolute atomic E-state index is 0.702. The second-order valence-electron chi connectivity index (χ2n) is 8.55. The van der Waals surface area contributed by atoms with E-state index in [1.54, 1.807) is 0 Å². The maximum atomic E-state index is 6.15. The molecule has 0 radical (unpaired) electrons. The summed E-state index contributed by atoms with van der Waals surface area (Å²) in [5.41, 5.74) is 4.55. The van der Waals surface area contributed by atoms with Crippen molar-refractivity contribution < 1.29 is 4.74 Å². The summed E-state index contributed by atoms with van der Waals surface area (Å²) in [4.78, 5) is 7.07. The standard InChI is InChI=1S/C29H29N3O/c1-31(2)24-18-16-23(17-19-24)29-30-26-13-5-6-14-27(26)32(29)20-7-8-21-33-28-15-9-11-22-10-3-4-12-25(22)28/h3-6,9-19H,7-8,20-21H2,1-2H3. The average Bonchev–Trinajstić information content (AvgIpc) is 3.22. The second-order valence-corrected chi connectivity index (χ2v) is 8.55. The van der Waals surface area contributed by atoms with Crippen molar-refractivity contribution in [1.82, 2.24) is 9.55 Å². The molecule has 0 fully saturated rings. The molecule has 0 saturated heterocycles. The van der Waals surface area contributed by atoms with E-state index in [2.05, 4.69) is 115 Å². The fraction of sp³-hybridized carbons (Fsp3) is 0.207. The molecular weight excluding hydrogens is 406 g/mol. The largest absolute Gasteiger partial charge is 0.493 e. The van der Waals surface area contributed by atoms with Crippen molar-refractivity contribution in [3.63, 3.8) is 0 Å². The van der Waals surface area contributed by atoms with E-state index in [-0.39, 0.29) is 0 Å². The topological polar surface area (TPSA) is 30.3 Å². The maximum Gasteiger partial charge on any atom is 0.141 e. The molecule has 5 rings (SSSR count). The zero-order chi connectivity index (χ0) is 22.6. The molecule has 0 aliphatic heterocycles. The van der Waals surface area contributed by atoms with Gasteiger partial charge in [0.15, 0.2) is 0 Å². The maximum absolute atomic E-state index is 6.15. The van der Waals surface area contributed by atoms with Crippen molar-refractivity contribution in [3.05, 3.63) is 91.0 Å². The van der Waals surface area contributed by atoms with Gasteiger partial charge in [-0.3, -0.25) is 0 Å². The van der Waals surface area contributed by atoms with Crippen LogP contribution in [0.25, 0.3) is 33.2 Å². The van der Waals surface area contributed by atoms with Crippen LogP contribution in [0.2, 0.25) is 0 Å². The fourth-order valence-corrected chi connectivity index (χ4v) is 4.31. The Morgan fingerprint density at radius 2 is 1.55 bits per heavy atom. The van der Waals surface area contributed by atoms with E-state index in [0.717, 1.165) is 42.0 Å². The molecule has 4 aromatic carbocycles. The van der Waals surface area contributed by atoms with E-state index in [0.29, 0.717) is 6.61 Å². The number of rotatable bonds is 8. The van der Waals surface area contributed by atoms with Crippen LogP contribution in [0.1, 0.15) is 12.8 Å². The molecular formula is C29H29N3O. The van der Waals surface area contributed by atoms with Crippen LogP contribution in [0.15, 0.2) is 91.0 Å². The van der Waals surface area contributed by atoms with Crippen LogP contribution in [0.5, 0.6) is 5.75 Å². The van der Waals surface area contributed by atoms with Gasteiger partial charge in [-0.1, -0.05) is 48.5 Å². The molecule has 0 bridgehead atoms. The number of hydrogen-bond donors (Lipinski definition) is 0. The first-order valence-electron chi connectivity index (χ1n) is 11.5. The molecule has 5 aromatic rings. The number of nitrogens with zero attached hydrogens (tertiary/aromatic N) is 3. The molecule has 0 aliphatic rings. The third kappa shape index (κ3) is 4.42. The van der Waals surface area contributed by atoms with Crippen LogP contribution in [-0.4, -0.2) is 30.3 Å². The summed E-state index contributed by atoms with van der Waals surface area (Å²) < 4.78 is 8.49. The molecule has 0 atom stereocenters. The van der Waals surface area contributed by atoms with Crippen LogP contribution >= 0.6 is 0 Å². The van der Waals surface area contributed by atoms with E-state index < -0.39 is 0 Å². The van der Waals surface area contributed by atoms with Crippen molar-refractivity contribution in [1.29, 1.82) is 0 Å². The summed E-state index contributed by atoms with van der Waals surface area (Å²) in [7, 11) is 4.12. The lowest BCUT2D eigenvalue weighted by Gasteiger charge is -2.14. The number of imidazole rings is 1. The molecule has 1 aromatic heterocycles. The van der Waals surface area contributed by atoms with Gasteiger partial charge >= 0.3 is 0 Å². The summed E-state index contributed by atoms with van der Waals surface area (Å²) in [5, 5.41) is 2.38. The Morgan fingerprint density at radius 1 is 0.788 bits per heavy atom. The molecule has 4 nitrogen and oxygen atoms in total. The van der Waals surface area contributed by atoms with E-state index in [1.165, 1.54) is 22.0 Å². The number of para-hydroxylation sites is 2. The van der Waals surface area contributed by atoms with Crippen LogP contribution in [0, 0.1) is 0 Å². The number of benzene rings is 4. The molecule has 4 heteroatoms. The van der Waals surface area contributed by atoms with E-state index >= 15 is 0 Å². The Bertz CT molecular complexity index is 1360. The summed E-state index contributed by atoms with van der Waals surface area (Å²) in [5.74, 6) is 1.99. The predicted molar refractivity (Wildman–Crippen MR) is 138 cm³/mol. The van der Waals surface area contributed by atoms with Gasteiger partial charge in [-0.05, 0) is 60.7 Å². The number of hydrogen-bond acceptors (Lipinski definition) is 3. The van der Waals surface area contributed by atoms with Gasteiger partial charge in [0.2, 0.25) is 0 Å². The number of anilines is 1. The number of fused-ring (bicyclic) bond motifs is 2. The first kappa shape index (κ1) is 21.1. The van der Waals surface area contributed by atoms with Crippen LogP contribution in [-0.2, 0) is 6.54 Å². The monoisotopic (exact) mass is 435 g/mol. The smallest absolute Gasteiger partial charge is 0.141 e. The molecule has 0 unspecified atom stereocenters. The highest BCUT2D eigenvalue weighted by molar-refractivity contribution is 5.88. The van der Waals surface area contributed by atoms with Crippen molar-refractivity contribution in [2.45, 2.75) is 19.4 Å². The SMILES string of the molecule is CN(C)c1ccc(-c2nc3ccccc3n2CCCCOc2cccc3ccccc23)cc1.